The zero-order chi connectivity index (χ0) is 9.68. The van der Waals surface area contributed by atoms with Gasteiger partial charge in [0, 0.05) is 6.54 Å². The van der Waals surface area contributed by atoms with Crippen LogP contribution in [0.3, 0.4) is 0 Å². The lowest BCUT2D eigenvalue weighted by Crippen LogP contribution is -2.40. The van der Waals surface area contributed by atoms with E-state index in [1.54, 1.807) is 0 Å². The summed E-state index contributed by atoms with van der Waals surface area (Å²) in [5.74, 6) is 0.894. The second kappa shape index (κ2) is 5.22. The highest BCUT2D eigenvalue weighted by molar-refractivity contribution is 5.81. The minimum Gasteiger partial charge on any atom is -0.355 e. The maximum absolute atomic E-state index is 11.3. The molecule has 3 N–H and O–H groups in total. The van der Waals surface area contributed by atoms with Crippen LogP contribution in [-0.2, 0) is 4.79 Å². The van der Waals surface area contributed by atoms with Crippen molar-refractivity contribution in [1.29, 1.82) is 0 Å². The van der Waals surface area contributed by atoms with Gasteiger partial charge in [0.15, 0.2) is 0 Å². The molecular weight excluding hydrogens is 164 g/mol. The van der Waals surface area contributed by atoms with E-state index in [2.05, 4.69) is 5.32 Å². The Balaban J connectivity index is 2.01. The third-order valence-corrected chi connectivity index (χ3v) is 2.49. The van der Waals surface area contributed by atoms with Crippen molar-refractivity contribution >= 4 is 5.91 Å². The largest absolute Gasteiger partial charge is 0.355 e. The van der Waals surface area contributed by atoms with Gasteiger partial charge in [-0.3, -0.25) is 4.79 Å². The zero-order valence-electron chi connectivity index (χ0n) is 8.38. The molecule has 1 aliphatic carbocycles. The van der Waals surface area contributed by atoms with Gasteiger partial charge in [-0.25, -0.2) is 0 Å². The van der Waals surface area contributed by atoms with E-state index in [1.165, 1.54) is 12.8 Å². The van der Waals surface area contributed by atoms with Crippen LogP contribution < -0.4 is 11.1 Å². The topological polar surface area (TPSA) is 55.1 Å². The van der Waals surface area contributed by atoms with Crippen molar-refractivity contribution in [3.05, 3.63) is 0 Å². The molecule has 1 unspecified atom stereocenters. The van der Waals surface area contributed by atoms with Crippen LogP contribution in [0.2, 0.25) is 0 Å². The lowest BCUT2D eigenvalue weighted by molar-refractivity contribution is -0.122. The quantitative estimate of drug-likeness (QED) is 0.648. The normalized spacial score (nSPS) is 18.3. The molecule has 1 fully saturated rings. The molecule has 0 heterocycles. The number of amides is 1. The smallest absolute Gasteiger partial charge is 0.236 e. The molecule has 0 spiro atoms. The van der Waals surface area contributed by atoms with Crippen LogP contribution in [0.25, 0.3) is 0 Å². The maximum atomic E-state index is 11.3. The highest BCUT2D eigenvalue weighted by atomic mass is 16.2. The first-order chi connectivity index (χ1) is 6.24. The van der Waals surface area contributed by atoms with Crippen molar-refractivity contribution in [2.75, 3.05) is 6.54 Å². The van der Waals surface area contributed by atoms with E-state index in [0.717, 1.165) is 31.7 Å². The Bertz CT molecular complexity index is 166. The SMILES string of the molecule is CCCC(N)C(=O)NCCC1CC1. The highest BCUT2D eigenvalue weighted by Crippen LogP contribution is 2.31. The van der Waals surface area contributed by atoms with Gasteiger partial charge in [0.2, 0.25) is 5.91 Å². The number of nitrogens with two attached hydrogens (primary N) is 1. The van der Waals surface area contributed by atoms with Gasteiger partial charge < -0.3 is 11.1 Å². The van der Waals surface area contributed by atoms with Crippen LogP contribution >= 0.6 is 0 Å². The first-order valence-corrected chi connectivity index (χ1v) is 5.27. The summed E-state index contributed by atoms with van der Waals surface area (Å²) in [6.07, 6.45) is 5.57. The number of hydrogen-bond acceptors (Lipinski definition) is 2. The fourth-order valence-electron chi connectivity index (χ4n) is 1.38. The van der Waals surface area contributed by atoms with Crippen molar-refractivity contribution in [3.8, 4) is 0 Å². The fraction of sp³-hybridized carbons (Fsp3) is 0.900. The van der Waals surface area contributed by atoms with E-state index >= 15 is 0 Å². The minimum absolute atomic E-state index is 0.0162. The van der Waals surface area contributed by atoms with Crippen molar-refractivity contribution in [2.24, 2.45) is 11.7 Å². The van der Waals surface area contributed by atoms with Crippen LogP contribution in [0, 0.1) is 5.92 Å². The molecule has 1 saturated carbocycles. The maximum Gasteiger partial charge on any atom is 0.236 e. The Morgan fingerprint density at radius 1 is 1.62 bits per heavy atom. The van der Waals surface area contributed by atoms with E-state index < -0.39 is 0 Å². The summed E-state index contributed by atoms with van der Waals surface area (Å²) in [7, 11) is 0. The standard InChI is InChI=1S/C10H20N2O/c1-2-3-9(11)10(13)12-7-6-8-4-5-8/h8-9H,2-7,11H2,1H3,(H,12,13). The molecule has 0 radical (unpaired) electrons. The van der Waals surface area contributed by atoms with Gasteiger partial charge in [-0.2, -0.15) is 0 Å². The zero-order valence-corrected chi connectivity index (χ0v) is 8.38. The second-order valence-corrected chi connectivity index (χ2v) is 3.92. The fourth-order valence-corrected chi connectivity index (χ4v) is 1.38. The van der Waals surface area contributed by atoms with Gasteiger partial charge in [0.25, 0.3) is 0 Å². The second-order valence-electron chi connectivity index (χ2n) is 3.92. The molecule has 0 aromatic carbocycles. The van der Waals surface area contributed by atoms with Crippen LogP contribution in [-0.4, -0.2) is 18.5 Å². The van der Waals surface area contributed by atoms with Crippen molar-refractivity contribution < 1.29 is 4.79 Å². The Morgan fingerprint density at radius 2 is 2.31 bits per heavy atom. The van der Waals surface area contributed by atoms with Crippen LogP contribution in [0.1, 0.15) is 39.0 Å². The lowest BCUT2D eigenvalue weighted by Gasteiger charge is -2.10. The third kappa shape index (κ3) is 4.27. The Kier molecular flexibility index (Phi) is 4.22. The molecule has 1 rings (SSSR count). The van der Waals surface area contributed by atoms with Crippen molar-refractivity contribution in [1.82, 2.24) is 5.32 Å². The highest BCUT2D eigenvalue weighted by Gasteiger charge is 2.21. The van der Waals surface area contributed by atoms with Gasteiger partial charge in [0.05, 0.1) is 6.04 Å². The molecule has 0 aliphatic heterocycles. The molecule has 1 atom stereocenters. The number of hydrogen-bond donors (Lipinski definition) is 2. The summed E-state index contributed by atoms with van der Waals surface area (Å²) in [5, 5.41) is 2.87. The van der Waals surface area contributed by atoms with Gasteiger partial charge >= 0.3 is 0 Å². The Labute approximate surface area is 80.1 Å². The predicted octanol–water partition coefficient (Wildman–Crippen LogP) is 1.03. The number of carbonyl (C=O) groups is 1. The molecular formula is C10H20N2O. The monoisotopic (exact) mass is 184 g/mol. The molecule has 13 heavy (non-hydrogen) atoms. The van der Waals surface area contributed by atoms with Crippen molar-refractivity contribution in [3.63, 3.8) is 0 Å². The molecule has 0 aromatic heterocycles. The lowest BCUT2D eigenvalue weighted by atomic mass is 10.1. The number of nitrogens with one attached hydrogen (secondary N) is 1. The molecule has 3 heteroatoms. The van der Waals surface area contributed by atoms with Crippen LogP contribution in [0.4, 0.5) is 0 Å². The minimum atomic E-state index is -0.302. The molecule has 76 valence electrons. The molecule has 0 saturated heterocycles. The van der Waals surface area contributed by atoms with Gasteiger partial charge in [-0.05, 0) is 18.8 Å². The van der Waals surface area contributed by atoms with Gasteiger partial charge in [0.1, 0.15) is 0 Å². The van der Waals surface area contributed by atoms with E-state index in [9.17, 15) is 4.79 Å². The molecule has 0 aromatic rings. The van der Waals surface area contributed by atoms with E-state index in [1.807, 2.05) is 6.92 Å². The first-order valence-electron chi connectivity index (χ1n) is 5.27. The summed E-state index contributed by atoms with van der Waals surface area (Å²) in [5.41, 5.74) is 5.65. The molecule has 0 bridgehead atoms. The average molecular weight is 184 g/mol. The van der Waals surface area contributed by atoms with E-state index in [-0.39, 0.29) is 11.9 Å². The number of carbonyl (C=O) groups excluding carboxylic acids is 1. The van der Waals surface area contributed by atoms with Crippen LogP contribution in [0.5, 0.6) is 0 Å². The summed E-state index contributed by atoms with van der Waals surface area (Å²) < 4.78 is 0. The first kappa shape index (κ1) is 10.5. The summed E-state index contributed by atoms with van der Waals surface area (Å²) in [6.45, 7) is 2.85. The molecule has 3 nitrogen and oxygen atoms in total. The van der Waals surface area contributed by atoms with Gasteiger partial charge in [-0.15, -0.1) is 0 Å². The summed E-state index contributed by atoms with van der Waals surface area (Å²) >= 11 is 0. The average Bonchev–Trinajstić information content (AvgIpc) is 2.88. The third-order valence-electron chi connectivity index (χ3n) is 2.49. The number of rotatable bonds is 6. The Morgan fingerprint density at radius 3 is 2.85 bits per heavy atom. The van der Waals surface area contributed by atoms with Crippen LogP contribution in [0.15, 0.2) is 0 Å². The van der Waals surface area contributed by atoms with Gasteiger partial charge in [-0.1, -0.05) is 26.2 Å². The molecule has 1 aliphatic rings. The van der Waals surface area contributed by atoms with E-state index in [4.69, 9.17) is 5.73 Å². The predicted molar refractivity (Wildman–Crippen MR) is 53.2 cm³/mol. The van der Waals surface area contributed by atoms with Crippen molar-refractivity contribution in [2.45, 2.75) is 45.1 Å². The van der Waals surface area contributed by atoms with E-state index in [0.29, 0.717) is 0 Å². The summed E-state index contributed by atoms with van der Waals surface area (Å²) in [4.78, 5) is 11.3. The summed E-state index contributed by atoms with van der Waals surface area (Å²) in [6, 6.07) is -0.302. The molecule has 1 amide bonds. The Hall–Kier alpha value is -0.570.